The summed E-state index contributed by atoms with van der Waals surface area (Å²) in [6.07, 6.45) is 0.588. The minimum atomic E-state index is -0.285. The second-order valence-electron chi connectivity index (χ2n) is 6.70. The van der Waals surface area contributed by atoms with Crippen molar-refractivity contribution in [3.05, 3.63) is 71.3 Å². The van der Waals surface area contributed by atoms with Crippen molar-refractivity contribution < 1.29 is 18.3 Å². The number of morpholine rings is 1. The number of carbonyl (C=O) groups is 1. The van der Waals surface area contributed by atoms with Crippen molar-refractivity contribution in [3.63, 3.8) is 0 Å². The highest BCUT2D eigenvalue weighted by atomic mass is 19.1. The number of rotatable bonds is 3. The van der Waals surface area contributed by atoms with E-state index in [1.807, 2.05) is 4.90 Å². The highest BCUT2D eigenvalue weighted by Crippen LogP contribution is 2.48. The SMILES string of the molecule is O=C(C1CC1c1ccc(F)cc1)N1CCOC(c2ccc(F)cc2)C1. The summed E-state index contributed by atoms with van der Waals surface area (Å²) in [6.45, 7) is 1.53. The smallest absolute Gasteiger partial charge is 0.226 e. The Hall–Kier alpha value is -2.27. The van der Waals surface area contributed by atoms with E-state index in [2.05, 4.69) is 0 Å². The maximum atomic E-state index is 13.1. The fourth-order valence-electron chi connectivity index (χ4n) is 3.51. The quantitative estimate of drug-likeness (QED) is 0.851. The topological polar surface area (TPSA) is 29.5 Å². The van der Waals surface area contributed by atoms with Crippen LogP contribution in [0.2, 0.25) is 0 Å². The largest absolute Gasteiger partial charge is 0.370 e. The molecule has 2 aromatic rings. The first-order chi connectivity index (χ1) is 12.1. The van der Waals surface area contributed by atoms with Gasteiger partial charge in [-0.05, 0) is 47.7 Å². The normalized spacial score (nSPS) is 25.7. The lowest BCUT2D eigenvalue weighted by molar-refractivity contribution is -0.140. The summed E-state index contributed by atoms with van der Waals surface area (Å²) in [5.41, 5.74) is 1.90. The fraction of sp³-hybridized carbons (Fsp3) is 0.350. The summed E-state index contributed by atoms with van der Waals surface area (Å²) in [4.78, 5) is 14.6. The zero-order valence-electron chi connectivity index (χ0n) is 13.7. The lowest BCUT2D eigenvalue weighted by atomic mass is 10.1. The maximum absolute atomic E-state index is 13.1. The number of carbonyl (C=O) groups excluding carboxylic acids is 1. The minimum absolute atomic E-state index is 0.0302. The molecule has 0 bridgehead atoms. The van der Waals surface area contributed by atoms with Crippen molar-refractivity contribution in [2.75, 3.05) is 19.7 Å². The van der Waals surface area contributed by atoms with Crippen LogP contribution in [0.25, 0.3) is 0 Å². The number of hydrogen-bond donors (Lipinski definition) is 0. The highest BCUT2D eigenvalue weighted by molar-refractivity contribution is 5.83. The van der Waals surface area contributed by atoms with Crippen LogP contribution in [0.1, 0.15) is 29.6 Å². The molecular formula is C20H19F2NO2. The van der Waals surface area contributed by atoms with Crippen molar-refractivity contribution in [1.29, 1.82) is 0 Å². The number of halogens is 2. The summed E-state index contributed by atoms with van der Waals surface area (Å²) in [6, 6.07) is 12.6. The van der Waals surface area contributed by atoms with E-state index >= 15 is 0 Å². The summed E-state index contributed by atoms with van der Waals surface area (Å²) in [5, 5.41) is 0. The first-order valence-corrected chi connectivity index (χ1v) is 8.53. The third-order valence-electron chi connectivity index (χ3n) is 5.03. The molecule has 1 saturated carbocycles. The molecule has 2 fully saturated rings. The second kappa shape index (κ2) is 6.56. The lowest BCUT2D eigenvalue weighted by Gasteiger charge is -2.33. The molecule has 2 aliphatic rings. The van der Waals surface area contributed by atoms with Gasteiger partial charge in [0.1, 0.15) is 17.7 Å². The predicted molar refractivity (Wildman–Crippen MR) is 88.9 cm³/mol. The molecule has 0 aromatic heterocycles. The number of amides is 1. The average Bonchev–Trinajstić information content (AvgIpc) is 3.43. The van der Waals surface area contributed by atoms with Crippen LogP contribution < -0.4 is 0 Å². The van der Waals surface area contributed by atoms with Crippen LogP contribution in [0.5, 0.6) is 0 Å². The van der Waals surface area contributed by atoms with Crippen molar-refractivity contribution in [2.45, 2.75) is 18.4 Å². The van der Waals surface area contributed by atoms with Gasteiger partial charge in [-0.2, -0.15) is 0 Å². The molecular weight excluding hydrogens is 324 g/mol. The molecule has 3 unspecified atom stereocenters. The van der Waals surface area contributed by atoms with Gasteiger partial charge in [0.2, 0.25) is 5.91 Å². The molecule has 1 heterocycles. The monoisotopic (exact) mass is 343 g/mol. The molecule has 3 nitrogen and oxygen atoms in total. The first-order valence-electron chi connectivity index (χ1n) is 8.53. The van der Waals surface area contributed by atoms with E-state index in [0.29, 0.717) is 19.7 Å². The molecule has 1 amide bonds. The van der Waals surface area contributed by atoms with Gasteiger partial charge in [0.15, 0.2) is 0 Å². The third kappa shape index (κ3) is 3.42. The molecule has 130 valence electrons. The van der Waals surface area contributed by atoms with Crippen LogP contribution in [-0.2, 0) is 9.53 Å². The molecule has 1 aliphatic heterocycles. The Labute approximate surface area is 145 Å². The van der Waals surface area contributed by atoms with Crippen molar-refractivity contribution in [1.82, 2.24) is 4.90 Å². The van der Waals surface area contributed by atoms with Crippen LogP contribution in [0.4, 0.5) is 8.78 Å². The summed E-state index contributed by atoms with van der Waals surface area (Å²) in [7, 11) is 0. The molecule has 1 aliphatic carbocycles. The van der Waals surface area contributed by atoms with Gasteiger partial charge in [-0.1, -0.05) is 24.3 Å². The highest BCUT2D eigenvalue weighted by Gasteiger charge is 2.46. The van der Waals surface area contributed by atoms with E-state index in [1.54, 1.807) is 24.3 Å². The average molecular weight is 343 g/mol. The van der Waals surface area contributed by atoms with Crippen molar-refractivity contribution in [2.24, 2.45) is 5.92 Å². The molecule has 0 radical (unpaired) electrons. The number of benzene rings is 2. The Balaban J connectivity index is 1.41. The van der Waals surface area contributed by atoms with E-state index in [4.69, 9.17) is 4.74 Å². The maximum Gasteiger partial charge on any atom is 0.226 e. The molecule has 0 spiro atoms. The zero-order chi connectivity index (χ0) is 17.4. The van der Waals surface area contributed by atoms with E-state index in [-0.39, 0.29) is 35.5 Å². The molecule has 0 N–H and O–H groups in total. The van der Waals surface area contributed by atoms with Crippen molar-refractivity contribution in [3.8, 4) is 0 Å². The van der Waals surface area contributed by atoms with Gasteiger partial charge in [0.25, 0.3) is 0 Å². The first kappa shape index (κ1) is 16.2. The van der Waals surface area contributed by atoms with Gasteiger partial charge in [0, 0.05) is 12.5 Å². The minimum Gasteiger partial charge on any atom is -0.370 e. The van der Waals surface area contributed by atoms with E-state index < -0.39 is 0 Å². The van der Waals surface area contributed by atoms with Gasteiger partial charge in [-0.3, -0.25) is 4.79 Å². The fourth-order valence-corrected chi connectivity index (χ4v) is 3.51. The Kier molecular flexibility index (Phi) is 4.25. The van der Waals surface area contributed by atoms with Crippen LogP contribution >= 0.6 is 0 Å². The molecule has 25 heavy (non-hydrogen) atoms. The van der Waals surface area contributed by atoms with Crippen LogP contribution in [0, 0.1) is 17.6 Å². The molecule has 5 heteroatoms. The molecule has 2 aromatic carbocycles. The zero-order valence-corrected chi connectivity index (χ0v) is 13.7. The number of ether oxygens (including phenoxy) is 1. The number of nitrogens with zero attached hydrogens (tertiary/aromatic N) is 1. The molecule has 3 atom stereocenters. The Morgan fingerprint density at radius 1 is 0.960 bits per heavy atom. The standard InChI is InChI=1S/C20H19F2NO2/c21-15-5-1-13(2-6-15)17-11-18(17)20(24)23-9-10-25-19(12-23)14-3-7-16(22)8-4-14/h1-8,17-19H,9-12H2. The molecule has 1 saturated heterocycles. The Morgan fingerprint density at radius 2 is 1.56 bits per heavy atom. The van der Waals surface area contributed by atoms with E-state index in [1.165, 1.54) is 24.3 Å². The van der Waals surface area contributed by atoms with Gasteiger partial charge >= 0.3 is 0 Å². The Morgan fingerprint density at radius 3 is 2.20 bits per heavy atom. The third-order valence-corrected chi connectivity index (χ3v) is 5.03. The lowest BCUT2D eigenvalue weighted by Crippen LogP contribution is -2.43. The van der Waals surface area contributed by atoms with Crippen LogP contribution in [0.15, 0.2) is 48.5 Å². The summed E-state index contributed by atoms with van der Waals surface area (Å²) in [5.74, 6) is -0.266. The predicted octanol–water partition coefficient (Wildman–Crippen LogP) is 3.67. The van der Waals surface area contributed by atoms with Gasteiger partial charge in [0.05, 0.1) is 13.2 Å². The van der Waals surface area contributed by atoms with E-state index in [9.17, 15) is 13.6 Å². The van der Waals surface area contributed by atoms with Crippen LogP contribution in [-0.4, -0.2) is 30.5 Å². The molecule has 4 rings (SSSR count). The van der Waals surface area contributed by atoms with Gasteiger partial charge < -0.3 is 9.64 Å². The number of hydrogen-bond acceptors (Lipinski definition) is 2. The van der Waals surface area contributed by atoms with Crippen molar-refractivity contribution >= 4 is 5.91 Å². The second-order valence-corrected chi connectivity index (χ2v) is 6.70. The summed E-state index contributed by atoms with van der Waals surface area (Å²) >= 11 is 0. The van der Waals surface area contributed by atoms with Crippen LogP contribution in [0.3, 0.4) is 0 Å². The van der Waals surface area contributed by atoms with E-state index in [0.717, 1.165) is 17.5 Å². The Bertz CT molecular complexity index is 760. The van der Waals surface area contributed by atoms with Gasteiger partial charge in [-0.15, -0.1) is 0 Å². The van der Waals surface area contributed by atoms with Gasteiger partial charge in [-0.25, -0.2) is 8.78 Å². The summed E-state index contributed by atoms with van der Waals surface area (Å²) < 4.78 is 31.9.